The molecule has 0 bridgehead atoms. The van der Waals surface area contributed by atoms with Gasteiger partial charge < -0.3 is 14.4 Å². The Kier molecular flexibility index (Phi) is 7.51. The third-order valence-corrected chi connectivity index (χ3v) is 15.7. The molecule has 69 heavy (non-hydrogen) atoms. The number of aromatic nitrogens is 1. The van der Waals surface area contributed by atoms with Crippen molar-refractivity contribution in [2.75, 3.05) is 9.80 Å². The van der Waals surface area contributed by atoms with Gasteiger partial charge in [0, 0.05) is 55.4 Å². The molecular formula is C64H39B2N3. The highest BCUT2D eigenvalue weighted by molar-refractivity contribution is 7.02. The normalized spacial score (nSPS) is 13.4. The molecule has 0 radical (unpaired) electrons. The van der Waals surface area contributed by atoms with Crippen LogP contribution in [0.4, 0.5) is 34.1 Å². The average molecular weight is 872 g/mol. The Balaban J connectivity index is 1.13. The molecule has 3 nitrogen and oxygen atoms in total. The Morgan fingerprint density at radius 3 is 1.62 bits per heavy atom. The van der Waals surface area contributed by atoms with Crippen LogP contribution in [0.5, 0.6) is 0 Å². The molecule has 16 rings (SSSR count). The summed E-state index contributed by atoms with van der Waals surface area (Å²) in [4.78, 5) is 5.11. The minimum absolute atomic E-state index is 0.00496. The molecule has 3 aliphatic rings. The van der Waals surface area contributed by atoms with Crippen molar-refractivity contribution in [2.24, 2.45) is 0 Å². The Labute approximate surface area is 400 Å². The first-order chi connectivity index (χ1) is 34.3. The summed E-state index contributed by atoms with van der Waals surface area (Å²) >= 11 is 0. The van der Waals surface area contributed by atoms with E-state index in [1.54, 1.807) is 0 Å². The van der Waals surface area contributed by atoms with E-state index in [4.69, 9.17) is 0 Å². The fourth-order valence-corrected chi connectivity index (χ4v) is 13.2. The topological polar surface area (TPSA) is 11.4 Å². The molecule has 3 aliphatic heterocycles. The van der Waals surface area contributed by atoms with Gasteiger partial charge in [-0.2, -0.15) is 0 Å². The van der Waals surface area contributed by atoms with Crippen LogP contribution >= 0.6 is 0 Å². The van der Waals surface area contributed by atoms with Crippen molar-refractivity contribution in [2.45, 2.75) is 0 Å². The van der Waals surface area contributed by atoms with Crippen molar-refractivity contribution in [3.05, 3.63) is 237 Å². The highest BCUT2D eigenvalue weighted by atomic mass is 15.2. The van der Waals surface area contributed by atoms with Gasteiger partial charge in [-0.1, -0.05) is 193 Å². The van der Waals surface area contributed by atoms with E-state index in [0.717, 1.165) is 11.4 Å². The maximum atomic E-state index is 2.63. The average Bonchev–Trinajstić information content (AvgIpc) is 3.93. The Hall–Kier alpha value is -8.79. The molecule has 4 heterocycles. The van der Waals surface area contributed by atoms with Crippen molar-refractivity contribution in [1.29, 1.82) is 0 Å². The van der Waals surface area contributed by atoms with Crippen LogP contribution in [0.1, 0.15) is 0 Å². The third kappa shape index (κ3) is 4.88. The molecule has 12 aromatic carbocycles. The summed E-state index contributed by atoms with van der Waals surface area (Å²) in [7, 11) is 0. The molecule has 0 N–H and O–H groups in total. The summed E-state index contributed by atoms with van der Waals surface area (Å²) in [6, 6.07) is 88.8. The van der Waals surface area contributed by atoms with E-state index in [1.807, 2.05) is 0 Å². The molecule has 1 aromatic heterocycles. The molecule has 5 heteroatoms. The van der Waals surface area contributed by atoms with E-state index in [-0.39, 0.29) is 13.4 Å². The number of rotatable bonds is 4. The number of para-hydroxylation sites is 5. The van der Waals surface area contributed by atoms with Gasteiger partial charge in [0.25, 0.3) is 6.71 Å². The number of hydrogen-bond acceptors (Lipinski definition) is 2. The largest absolute Gasteiger partial charge is 0.311 e. The van der Waals surface area contributed by atoms with Crippen LogP contribution in [0.25, 0.3) is 70.9 Å². The maximum absolute atomic E-state index is 2.63. The lowest BCUT2D eigenvalue weighted by Crippen LogP contribution is -2.57. The summed E-state index contributed by atoms with van der Waals surface area (Å²) in [6.45, 7) is 0.0131. The predicted octanol–water partition coefficient (Wildman–Crippen LogP) is 12.3. The van der Waals surface area contributed by atoms with E-state index in [0.29, 0.717) is 0 Å². The summed E-state index contributed by atoms with van der Waals surface area (Å²) in [5.74, 6) is 0. The smallest absolute Gasteiger partial charge is 0.251 e. The Morgan fingerprint density at radius 2 is 0.870 bits per heavy atom. The van der Waals surface area contributed by atoms with Gasteiger partial charge >= 0.3 is 0 Å². The first-order valence-corrected chi connectivity index (χ1v) is 24.2. The van der Waals surface area contributed by atoms with Gasteiger partial charge in [-0.3, -0.25) is 0 Å². The molecule has 0 amide bonds. The number of benzene rings is 12. The lowest BCUT2D eigenvalue weighted by molar-refractivity contribution is 1.20. The Bertz CT molecular complexity index is 4220. The van der Waals surface area contributed by atoms with Crippen LogP contribution in [-0.4, -0.2) is 18.0 Å². The molecule has 0 fully saturated rings. The molecule has 13 aromatic rings. The monoisotopic (exact) mass is 871 g/mol. The molecule has 0 spiro atoms. The maximum Gasteiger partial charge on any atom is 0.251 e. The van der Waals surface area contributed by atoms with E-state index in [9.17, 15) is 0 Å². The van der Waals surface area contributed by atoms with Crippen molar-refractivity contribution in [3.8, 4) is 16.8 Å². The number of nitrogens with zero attached hydrogens (tertiary/aromatic N) is 3. The highest BCUT2D eigenvalue weighted by Crippen LogP contribution is 2.51. The minimum atomic E-state index is 0.00496. The summed E-state index contributed by atoms with van der Waals surface area (Å²) < 4.78 is 2.63. The molecular weight excluding hydrogens is 832 g/mol. The number of anilines is 6. The highest BCUT2D eigenvalue weighted by Gasteiger charge is 2.46. The second kappa shape index (κ2) is 13.9. The third-order valence-electron chi connectivity index (χ3n) is 15.7. The molecule has 0 saturated carbocycles. The standard InChI is InChI=1S/C64H39B2N3/c1-4-19-41(20-5-1)65-52-30-14-17-33-55(52)67(42-21-6-2-7-22-42)57-39-40-35-36-49-59-50(38-37-48(58(40)59)61(57)65)64(69-53-31-15-11-26-45(53)46-27-12-16-32-54(46)69)62-63(49)68(43-23-8-3-9-24-43)56-34-18-28-47-44-25-10-13-29-51(44)66(62)60(47)56/h1-39H. The number of hydrogen-bond donors (Lipinski definition) is 0. The minimum Gasteiger partial charge on any atom is -0.311 e. The zero-order valence-corrected chi connectivity index (χ0v) is 37.5. The van der Waals surface area contributed by atoms with Gasteiger partial charge in [0.1, 0.15) is 0 Å². The zero-order valence-electron chi connectivity index (χ0n) is 37.5. The van der Waals surface area contributed by atoms with Gasteiger partial charge in [-0.05, 0) is 104 Å². The first kappa shape index (κ1) is 37.3. The van der Waals surface area contributed by atoms with Crippen LogP contribution in [-0.2, 0) is 0 Å². The van der Waals surface area contributed by atoms with E-state index < -0.39 is 0 Å². The number of fused-ring (bicyclic) bond motifs is 12. The molecule has 0 aliphatic carbocycles. The lowest BCUT2D eigenvalue weighted by atomic mass is 9.34. The van der Waals surface area contributed by atoms with Gasteiger partial charge in [0.05, 0.1) is 22.4 Å². The summed E-state index contributed by atoms with van der Waals surface area (Å²) in [6.07, 6.45) is 0. The van der Waals surface area contributed by atoms with E-state index in [2.05, 4.69) is 251 Å². The van der Waals surface area contributed by atoms with E-state index >= 15 is 0 Å². The van der Waals surface area contributed by atoms with Crippen molar-refractivity contribution < 1.29 is 0 Å². The van der Waals surface area contributed by atoms with E-state index in [1.165, 1.54) is 126 Å². The summed E-state index contributed by atoms with van der Waals surface area (Å²) in [5.41, 5.74) is 21.6. The van der Waals surface area contributed by atoms with Crippen molar-refractivity contribution in [1.82, 2.24) is 4.57 Å². The van der Waals surface area contributed by atoms with Crippen LogP contribution in [0, 0.1) is 0 Å². The zero-order chi connectivity index (χ0) is 44.9. The molecule has 0 atom stereocenters. The van der Waals surface area contributed by atoms with Gasteiger partial charge in [0.15, 0.2) is 0 Å². The van der Waals surface area contributed by atoms with Crippen LogP contribution in [0.15, 0.2) is 237 Å². The second-order valence-corrected chi connectivity index (χ2v) is 19.0. The van der Waals surface area contributed by atoms with Crippen molar-refractivity contribution in [3.63, 3.8) is 0 Å². The van der Waals surface area contributed by atoms with Gasteiger partial charge in [-0.15, -0.1) is 0 Å². The quantitative estimate of drug-likeness (QED) is 0.129. The van der Waals surface area contributed by atoms with Crippen molar-refractivity contribution >= 4 is 134 Å². The fourth-order valence-electron chi connectivity index (χ4n) is 13.2. The predicted molar refractivity (Wildman–Crippen MR) is 295 cm³/mol. The van der Waals surface area contributed by atoms with Crippen LogP contribution < -0.4 is 42.6 Å². The van der Waals surface area contributed by atoms with Crippen LogP contribution in [0.2, 0.25) is 0 Å². The fraction of sp³-hybridized carbons (Fsp3) is 0. The van der Waals surface area contributed by atoms with Gasteiger partial charge in [0.2, 0.25) is 6.71 Å². The first-order valence-electron chi connectivity index (χ1n) is 24.2. The molecule has 0 unspecified atom stereocenters. The SMILES string of the molecule is c1ccc(B2c3ccccc3N(c3ccccc3)c3cc4ccc5c6c(c(-n7c8ccccc8c8ccccc87)c7ccc(c32)c4c57)B2c3ccccc3-c3cccc(c32)N6c2ccccc2)cc1. The molecule has 316 valence electrons. The second-order valence-electron chi connectivity index (χ2n) is 19.0. The Morgan fingerprint density at radius 1 is 0.304 bits per heavy atom. The van der Waals surface area contributed by atoms with Crippen LogP contribution in [0.3, 0.4) is 0 Å². The molecule has 0 saturated heterocycles. The summed E-state index contributed by atoms with van der Waals surface area (Å²) in [5, 5.41) is 10.2. The van der Waals surface area contributed by atoms with Gasteiger partial charge in [-0.25, -0.2) is 0 Å². The lowest BCUT2D eigenvalue weighted by Gasteiger charge is -2.40.